The Labute approximate surface area is 71.1 Å². The summed E-state index contributed by atoms with van der Waals surface area (Å²) >= 11 is 0. The quantitative estimate of drug-likeness (QED) is 0.520. The highest BCUT2D eigenvalue weighted by Crippen LogP contribution is 1.85. The van der Waals surface area contributed by atoms with Gasteiger partial charge in [-0.1, -0.05) is 0 Å². The van der Waals surface area contributed by atoms with Crippen molar-refractivity contribution in [3.63, 3.8) is 0 Å². The molecule has 0 radical (unpaired) electrons. The number of hydrogen-bond donors (Lipinski definition) is 3. The van der Waals surface area contributed by atoms with Crippen molar-refractivity contribution in [2.75, 3.05) is 7.05 Å². The van der Waals surface area contributed by atoms with Crippen LogP contribution in [0.4, 0.5) is 0 Å². The third kappa shape index (κ3) is 3.34. The first kappa shape index (κ1) is 10.9. The van der Waals surface area contributed by atoms with Crippen molar-refractivity contribution >= 4 is 11.9 Å². The molecule has 70 valence electrons. The molecule has 3 N–H and O–H groups in total. The molecule has 12 heavy (non-hydrogen) atoms. The largest absolute Gasteiger partial charge is 0.480 e. The number of likely N-dealkylation sites (N-methyl/N-ethyl adjacent to an activating group) is 1. The molecule has 0 bridgehead atoms. The number of aliphatic carboxylic acids is 1. The van der Waals surface area contributed by atoms with Gasteiger partial charge in [0, 0.05) is 0 Å². The van der Waals surface area contributed by atoms with E-state index in [1.807, 2.05) is 0 Å². The second-order valence-electron chi connectivity index (χ2n) is 2.58. The molecule has 5 nitrogen and oxygen atoms in total. The average molecular weight is 174 g/mol. The molecule has 1 unspecified atom stereocenters. The van der Waals surface area contributed by atoms with E-state index in [9.17, 15) is 9.59 Å². The van der Waals surface area contributed by atoms with E-state index in [1.165, 1.54) is 6.92 Å². The molecule has 1 amide bonds. The molecule has 5 heteroatoms. The summed E-state index contributed by atoms with van der Waals surface area (Å²) in [5.74, 6) is -1.35. The van der Waals surface area contributed by atoms with Crippen molar-refractivity contribution in [3.05, 3.63) is 0 Å². The molecule has 0 aromatic rings. The van der Waals surface area contributed by atoms with Crippen LogP contribution in [0.3, 0.4) is 0 Å². The smallest absolute Gasteiger partial charge is 0.325 e. The minimum atomic E-state index is -1.04. The van der Waals surface area contributed by atoms with Crippen LogP contribution in [0, 0.1) is 0 Å². The highest BCUT2D eigenvalue weighted by atomic mass is 16.4. The fraction of sp³-hybridized carbons (Fsp3) is 0.714. The van der Waals surface area contributed by atoms with Gasteiger partial charge in [0.25, 0.3) is 0 Å². The third-order valence-corrected chi connectivity index (χ3v) is 1.56. The predicted octanol–water partition coefficient (Wildman–Crippen LogP) is -0.816. The van der Waals surface area contributed by atoms with E-state index < -0.39 is 12.0 Å². The normalized spacial score (nSPS) is 14.9. The highest BCUT2D eigenvalue weighted by molar-refractivity contribution is 5.86. The van der Waals surface area contributed by atoms with E-state index in [1.54, 1.807) is 14.0 Å². The molecule has 0 heterocycles. The second kappa shape index (κ2) is 4.71. The molecular weight excluding hydrogens is 160 g/mol. The Kier molecular flexibility index (Phi) is 4.28. The molecule has 0 saturated heterocycles. The molecule has 0 rings (SSSR count). The molecule has 0 aliphatic rings. The lowest BCUT2D eigenvalue weighted by Crippen LogP contribution is -2.46. The minimum absolute atomic E-state index is 0.313. The highest BCUT2D eigenvalue weighted by Gasteiger charge is 2.16. The van der Waals surface area contributed by atoms with Crippen LogP contribution < -0.4 is 10.6 Å². The van der Waals surface area contributed by atoms with E-state index in [0.717, 1.165) is 0 Å². The number of nitrogens with one attached hydrogen (secondary N) is 2. The molecule has 0 aliphatic carbocycles. The van der Waals surface area contributed by atoms with Crippen molar-refractivity contribution in [1.29, 1.82) is 0 Å². The second-order valence-corrected chi connectivity index (χ2v) is 2.58. The standard InChI is InChI=1S/C7H14N2O3/c1-4(8-3)6(10)9-5(2)7(11)12/h4-5,8H,1-3H3,(H,9,10)(H,11,12)/t4-,5?/m0/s1. The average Bonchev–Trinajstić information content (AvgIpc) is 2.02. The number of hydrogen-bond acceptors (Lipinski definition) is 3. The van der Waals surface area contributed by atoms with Crippen molar-refractivity contribution in [2.45, 2.75) is 25.9 Å². The lowest BCUT2D eigenvalue weighted by Gasteiger charge is -2.13. The van der Waals surface area contributed by atoms with Gasteiger partial charge in [-0.3, -0.25) is 9.59 Å². The Morgan fingerprint density at radius 1 is 1.25 bits per heavy atom. The van der Waals surface area contributed by atoms with E-state index in [-0.39, 0.29) is 11.9 Å². The van der Waals surface area contributed by atoms with Gasteiger partial charge in [0.15, 0.2) is 0 Å². The van der Waals surface area contributed by atoms with E-state index >= 15 is 0 Å². The summed E-state index contributed by atoms with van der Waals surface area (Å²) in [5, 5.41) is 13.5. The molecule has 0 aromatic carbocycles. The number of rotatable bonds is 4. The van der Waals surface area contributed by atoms with Gasteiger partial charge < -0.3 is 15.7 Å². The van der Waals surface area contributed by atoms with Crippen LogP contribution in [0.1, 0.15) is 13.8 Å². The minimum Gasteiger partial charge on any atom is -0.480 e. The summed E-state index contributed by atoms with van der Waals surface area (Å²) in [4.78, 5) is 21.4. The third-order valence-electron chi connectivity index (χ3n) is 1.56. The Morgan fingerprint density at radius 3 is 2.08 bits per heavy atom. The Bertz CT molecular complexity index is 181. The zero-order chi connectivity index (χ0) is 9.72. The number of carbonyl (C=O) groups excluding carboxylic acids is 1. The molecule has 0 saturated carbocycles. The zero-order valence-electron chi connectivity index (χ0n) is 7.42. The lowest BCUT2D eigenvalue weighted by molar-refractivity contribution is -0.141. The van der Waals surface area contributed by atoms with Crippen LogP contribution in [0.5, 0.6) is 0 Å². The summed E-state index contributed by atoms with van der Waals surface area (Å²) in [7, 11) is 1.63. The molecule has 0 fully saturated rings. The van der Waals surface area contributed by atoms with Crippen molar-refractivity contribution < 1.29 is 14.7 Å². The zero-order valence-corrected chi connectivity index (χ0v) is 7.42. The maximum atomic E-state index is 11.1. The van der Waals surface area contributed by atoms with Gasteiger partial charge in [-0.15, -0.1) is 0 Å². The topological polar surface area (TPSA) is 78.4 Å². The Morgan fingerprint density at radius 2 is 1.75 bits per heavy atom. The number of carboxylic acids is 1. The molecule has 0 spiro atoms. The predicted molar refractivity (Wildman–Crippen MR) is 43.8 cm³/mol. The van der Waals surface area contributed by atoms with E-state index in [2.05, 4.69) is 10.6 Å². The van der Waals surface area contributed by atoms with Crippen LogP contribution >= 0.6 is 0 Å². The van der Waals surface area contributed by atoms with Gasteiger partial charge in [-0.05, 0) is 20.9 Å². The van der Waals surface area contributed by atoms with Crippen LogP contribution in [-0.2, 0) is 9.59 Å². The number of amides is 1. The van der Waals surface area contributed by atoms with Gasteiger partial charge in [0.1, 0.15) is 6.04 Å². The van der Waals surface area contributed by atoms with Crippen molar-refractivity contribution in [2.24, 2.45) is 0 Å². The van der Waals surface area contributed by atoms with Gasteiger partial charge in [-0.2, -0.15) is 0 Å². The van der Waals surface area contributed by atoms with Crippen LogP contribution in [-0.4, -0.2) is 36.1 Å². The van der Waals surface area contributed by atoms with Crippen molar-refractivity contribution in [3.8, 4) is 0 Å². The first-order valence-electron chi connectivity index (χ1n) is 3.69. The van der Waals surface area contributed by atoms with Gasteiger partial charge in [0.2, 0.25) is 5.91 Å². The summed E-state index contributed by atoms with van der Waals surface area (Å²) in [6, 6.07) is -1.21. The van der Waals surface area contributed by atoms with Crippen LogP contribution in [0.25, 0.3) is 0 Å². The monoisotopic (exact) mass is 174 g/mol. The van der Waals surface area contributed by atoms with Gasteiger partial charge >= 0.3 is 5.97 Å². The van der Waals surface area contributed by atoms with Gasteiger partial charge in [-0.25, -0.2) is 0 Å². The van der Waals surface area contributed by atoms with Crippen LogP contribution in [0.2, 0.25) is 0 Å². The number of carbonyl (C=O) groups is 2. The molecule has 0 aromatic heterocycles. The first-order valence-corrected chi connectivity index (χ1v) is 3.69. The Hall–Kier alpha value is -1.10. The summed E-state index contributed by atoms with van der Waals surface area (Å²) in [6.45, 7) is 3.08. The summed E-state index contributed by atoms with van der Waals surface area (Å²) in [6.07, 6.45) is 0. The number of carboxylic acid groups (broad SMARTS) is 1. The summed E-state index contributed by atoms with van der Waals surface area (Å²) < 4.78 is 0. The SMILES string of the molecule is CN[C@@H](C)C(=O)NC(C)C(=O)O. The van der Waals surface area contributed by atoms with Gasteiger partial charge in [0.05, 0.1) is 6.04 Å². The fourth-order valence-corrected chi connectivity index (χ4v) is 0.531. The first-order chi connectivity index (χ1) is 5.49. The molecule has 2 atom stereocenters. The molecule has 0 aliphatic heterocycles. The maximum Gasteiger partial charge on any atom is 0.325 e. The fourth-order valence-electron chi connectivity index (χ4n) is 0.531. The van der Waals surface area contributed by atoms with Crippen molar-refractivity contribution in [1.82, 2.24) is 10.6 Å². The maximum absolute atomic E-state index is 11.1. The summed E-state index contributed by atoms with van der Waals surface area (Å²) in [5.41, 5.74) is 0. The Balaban J connectivity index is 3.92. The van der Waals surface area contributed by atoms with E-state index in [0.29, 0.717) is 0 Å². The van der Waals surface area contributed by atoms with Crippen LogP contribution in [0.15, 0.2) is 0 Å². The lowest BCUT2D eigenvalue weighted by atomic mass is 10.3. The van der Waals surface area contributed by atoms with E-state index in [4.69, 9.17) is 5.11 Å². The molecular formula is C7H14N2O3.